The predicted octanol–water partition coefficient (Wildman–Crippen LogP) is 2.36. The van der Waals surface area contributed by atoms with Crippen LogP contribution in [0, 0.1) is 6.92 Å². The molecule has 27 heavy (non-hydrogen) atoms. The number of piperazine rings is 1. The summed E-state index contributed by atoms with van der Waals surface area (Å²) in [5.41, 5.74) is 1.08. The number of amides is 3. The summed E-state index contributed by atoms with van der Waals surface area (Å²) in [7, 11) is 0. The third-order valence-corrected chi connectivity index (χ3v) is 5.25. The van der Waals surface area contributed by atoms with Crippen LogP contribution in [0.3, 0.4) is 0 Å². The van der Waals surface area contributed by atoms with E-state index in [0.29, 0.717) is 23.2 Å². The Bertz CT molecular complexity index is 804. The second-order valence-electron chi connectivity index (χ2n) is 6.24. The monoisotopic (exact) mass is 408 g/mol. The molecule has 2 heterocycles. The molecule has 3 rings (SSSR count). The van der Waals surface area contributed by atoms with Crippen molar-refractivity contribution < 1.29 is 9.59 Å². The highest BCUT2D eigenvalue weighted by atomic mass is 35.5. The van der Waals surface area contributed by atoms with Crippen molar-refractivity contribution >= 4 is 45.7 Å². The molecule has 1 atom stereocenters. The van der Waals surface area contributed by atoms with Gasteiger partial charge in [-0.25, -0.2) is 4.79 Å². The van der Waals surface area contributed by atoms with Gasteiger partial charge in [0.05, 0.1) is 0 Å². The van der Waals surface area contributed by atoms with E-state index in [1.54, 1.807) is 11.8 Å². The molecule has 10 heteroatoms. The number of hydrogen-bond donors (Lipinski definition) is 2. The highest BCUT2D eigenvalue weighted by molar-refractivity contribution is 7.15. The molecule has 1 aliphatic heterocycles. The first-order chi connectivity index (χ1) is 12.9. The van der Waals surface area contributed by atoms with E-state index in [4.69, 9.17) is 11.6 Å². The van der Waals surface area contributed by atoms with Gasteiger partial charge in [-0.1, -0.05) is 22.9 Å². The number of halogens is 1. The average Bonchev–Trinajstić information content (AvgIpc) is 3.07. The first kappa shape index (κ1) is 19.4. The van der Waals surface area contributed by atoms with Crippen LogP contribution in [0.25, 0.3) is 0 Å². The fourth-order valence-corrected chi connectivity index (χ4v) is 3.44. The normalized spacial score (nSPS) is 15.4. The molecule has 1 fully saturated rings. The molecule has 1 aliphatic rings. The second kappa shape index (κ2) is 8.53. The Morgan fingerprint density at radius 1 is 1.15 bits per heavy atom. The zero-order chi connectivity index (χ0) is 19.4. The average molecular weight is 409 g/mol. The van der Waals surface area contributed by atoms with Crippen LogP contribution in [-0.2, 0) is 4.79 Å². The van der Waals surface area contributed by atoms with Gasteiger partial charge in [-0.3, -0.25) is 10.1 Å². The molecule has 3 amide bonds. The molecule has 8 nitrogen and oxygen atoms in total. The summed E-state index contributed by atoms with van der Waals surface area (Å²) in [4.78, 5) is 28.5. The number of urea groups is 1. The van der Waals surface area contributed by atoms with Gasteiger partial charge in [-0.2, -0.15) is 0 Å². The van der Waals surface area contributed by atoms with Gasteiger partial charge in [0.25, 0.3) is 0 Å². The Labute approximate surface area is 166 Å². The second-order valence-corrected chi connectivity index (χ2v) is 7.86. The van der Waals surface area contributed by atoms with E-state index >= 15 is 0 Å². The lowest BCUT2D eigenvalue weighted by Crippen LogP contribution is -2.54. The van der Waals surface area contributed by atoms with E-state index in [1.165, 1.54) is 11.3 Å². The zero-order valence-electron chi connectivity index (χ0n) is 15.1. The van der Waals surface area contributed by atoms with Crippen molar-refractivity contribution in [2.24, 2.45) is 0 Å². The van der Waals surface area contributed by atoms with Gasteiger partial charge in [-0.15, -0.1) is 10.2 Å². The molecule has 2 N–H and O–H groups in total. The molecule has 0 saturated carbocycles. The van der Waals surface area contributed by atoms with Crippen molar-refractivity contribution in [3.8, 4) is 0 Å². The van der Waals surface area contributed by atoms with E-state index in [1.807, 2.05) is 31.2 Å². The molecule has 2 aromatic rings. The molecule has 0 bridgehead atoms. The van der Waals surface area contributed by atoms with Crippen LogP contribution in [0.2, 0.25) is 5.02 Å². The Morgan fingerprint density at radius 2 is 1.81 bits per heavy atom. The first-order valence-electron chi connectivity index (χ1n) is 8.59. The standard InChI is InChI=1S/C17H21ClN6O2S/c1-11(15(25)20-16-22-21-12(2)27-16)19-17(26)24-9-7-23(8-10-24)14-5-3-13(18)4-6-14/h3-6,11H,7-10H2,1-2H3,(H,19,26)(H,20,22,25). The van der Waals surface area contributed by atoms with E-state index < -0.39 is 6.04 Å². The topological polar surface area (TPSA) is 90.5 Å². The van der Waals surface area contributed by atoms with Crippen LogP contribution in [0.1, 0.15) is 11.9 Å². The van der Waals surface area contributed by atoms with Crippen molar-refractivity contribution in [3.05, 3.63) is 34.3 Å². The Morgan fingerprint density at radius 3 is 2.41 bits per heavy atom. The van der Waals surface area contributed by atoms with Crippen molar-refractivity contribution in [1.29, 1.82) is 0 Å². The molecule has 144 valence electrons. The van der Waals surface area contributed by atoms with Crippen molar-refractivity contribution in [2.75, 3.05) is 36.4 Å². The van der Waals surface area contributed by atoms with Gasteiger partial charge in [0.15, 0.2) is 0 Å². The van der Waals surface area contributed by atoms with Gasteiger partial charge >= 0.3 is 6.03 Å². The molecule has 0 aliphatic carbocycles. The summed E-state index contributed by atoms with van der Waals surface area (Å²) < 4.78 is 0. The number of benzene rings is 1. The minimum absolute atomic E-state index is 0.248. The molecule has 1 unspecified atom stereocenters. The van der Waals surface area contributed by atoms with Gasteiger partial charge in [-0.05, 0) is 38.1 Å². The number of nitrogens with one attached hydrogen (secondary N) is 2. The quantitative estimate of drug-likeness (QED) is 0.810. The predicted molar refractivity (Wildman–Crippen MR) is 107 cm³/mol. The molecule has 0 spiro atoms. The highest BCUT2D eigenvalue weighted by Gasteiger charge is 2.24. The maximum atomic E-state index is 12.4. The lowest BCUT2D eigenvalue weighted by Gasteiger charge is -2.36. The van der Waals surface area contributed by atoms with E-state index in [2.05, 4.69) is 25.7 Å². The van der Waals surface area contributed by atoms with Crippen LogP contribution in [0.15, 0.2) is 24.3 Å². The maximum Gasteiger partial charge on any atom is 0.318 e. The fourth-order valence-electron chi connectivity index (χ4n) is 2.72. The van der Waals surface area contributed by atoms with Gasteiger partial charge in [0.2, 0.25) is 11.0 Å². The number of nitrogens with zero attached hydrogens (tertiary/aromatic N) is 4. The van der Waals surface area contributed by atoms with Crippen molar-refractivity contribution in [3.63, 3.8) is 0 Å². The summed E-state index contributed by atoms with van der Waals surface area (Å²) >= 11 is 7.21. The maximum absolute atomic E-state index is 12.4. The van der Waals surface area contributed by atoms with Crippen molar-refractivity contribution in [1.82, 2.24) is 20.4 Å². The SMILES string of the molecule is Cc1nnc(NC(=O)C(C)NC(=O)N2CCN(c3ccc(Cl)cc3)CC2)s1. The van der Waals surface area contributed by atoms with Gasteiger partial charge in [0.1, 0.15) is 11.0 Å². The summed E-state index contributed by atoms with van der Waals surface area (Å²) in [5, 5.41) is 15.0. The number of hydrogen-bond acceptors (Lipinski definition) is 6. The van der Waals surface area contributed by atoms with E-state index in [-0.39, 0.29) is 11.9 Å². The van der Waals surface area contributed by atoms with Crippen LogP contribution in [0.5, 0.6) is 0 Å². The fraction of sp³-hybridized carbons (Fsp3) is 0.412. The lowest BCUT2D eigenvalue weighted by atomic mass is 10.2. The Kier molecular flexibility index (Phi) is 6.12. The van der Waals surface area contributed by atoms with Gasteiger partial charge < -0.3 is 15.1 Å². The number of aromatic nitrogens is 2. The lowest BCUT2D eigenvalue weighted by molar-refractivity contribution is -0.117. The minimum Gasteiger partial charge on any atom is -0.368 e. The first-order valence-corrected chi connectivity index (χ1v) is 9.79. The zero-order valence-corrected chi connectivity index (χ0v) is 16.7. The minimum atomic E-state index is -0.670. The molecule has 0 radical (unpaired) electrons. The van der Waals surface area contributed by atoms with Crippen molar-refractivity contribution in [2.45, 2.75) is 19.9 Å². The number of carbonyl (C=O) groups is 2. The molecule has 1 aromatic heterocycles. The van der Waals surface area contributed by atoms with Crippen LogP contribution >= 0.6 is 22.9 Å². The summed E-state index contributed by atoms with van der Waals surface area (Å²) in [6, 6.07) is 6.74. The third kappa shape index (κ3) is 5.08. The largest absolute Gasteiger partial charge is 0.368 e. The van der Waals surface area contributed by atoms with Gasteiger partial charge in [0, 0.05) is 36.9 Å². The molecular weight excluding hydrogens is 388 g/mol. The number of carbonyl (C=O) groups excluding carboxylic acids is 2. The molecular formula is C17H21ClN6O2S. The summed E-state index contributed by atoms with van der Waals surface area (Å²) in [6.45, 7) is 6.06. The summed E-state index contributed by atoms with van der Waals surface area (Å²) in [5.74, 6) is -0.320. The van der Waals surface area contributed by atoms with Crippen LogP contribution < -0.4 is 15.5 Å². The van der Waals surface area contributed by atoms with Crippen LogP contribution in [-0.4, -0.2) is 59.3 Å². The van der Waals surface area contributed by atoms with E-state index in [9.17, 15) is 9.59 Å². The molecule has 1 saturated heterocycles. The molecule has 1 aromatic carbocycles. The Hall–Kier alpha value is -2.39. The number of aryl methyl sites for hydroxylation is 1. The smallest absolute Gasteiger partial charge is 0.318 e. The number of anilines is 2. The van der Waals surface area contributed by atoms with E-state index in [0.717, 1.165) is 23.8 Å². The highest BCUT2D eigenvalue weighted by Crippen LogP contribution is 2.19. The van der Waals surface area contributed by atoms with Crippen LogP contribution in [0.4, 0.5) is 15.6 Å². The number of rotatable bonds is 4. The Balaban J connectivity index is 1.47. The third-order valence-electron chi connectivity index (χ3n) is 4.25. The summed E-state index contributed by atoms with van der Waals surface area (Å²) in [6.07, 6.45) is 0.